The van der Waals surface area contributed by atoms with Gasteiger partial charge in [-0.05, 0) is 23.6 Å². The maximum Gasteiger partial charge on any atom is 0.245 e. The van der Waals surface area contributed by atoms with Gasteiger partial charge in [-0.25, -0.2) is 4.98 Å². The van der Waals surface area contributed by atoms with E-state index in [-0.39, 0.29) is 5.75 Å². The third-order valence-corrected chi connectivity index (χ3v) is 5.03. The number of hydrogen-bond donors (Lipinski definition) is 2. The van der Waals surface area contributed by atoms with E-state index < -0.39 is 6.98 Å². The molecular formula is C20H25N7O. The minimum absolute atomic E-state index is 0.00466. The summed E-state index contributed by atoms with van der Waals surface area (Å²) in [5.74, 6) is 1.09. The van der Waals surface area contributed by atoms with Crippen molar-refractivity contribution in [1.82, 2.24) is 30.3 Å². The molecule has 1 saturated heterocycles. The normalized spacial score (nSPS) is 19.3. The van der Waals surface area contributed by atoms with Gasteiger partial charge in [0.25, 0.3) is 0 Å². The van der Waals surface area contributed by atoms with Crippen LogP contribution in [0.1, 0.15) is 18.0 Å². The minimum atomic E-state index is -2.34. The minimum Gasteiger partial charge on any atom is -0.507 e. The lowest BCUT2D eigenvalue weighted by Gasteiger charge is -2.35. The van der Waals surface area contributed by atoms with Crippen molar-refractivity contribution in [2.24, 2.45) is 12.9 Å². The van der Waals surface area contributed by atoms with Crippen LogP contribution in [0.15, 0.2) is 36.8 Å². The Hall–Kier alpha value is -3.00. The van der Waals surface area contributed by atoms with Crippen LogP contribution >= 0.6 is 0 Å². The third-order valence-electron chi connectivity index (χ3n) is 5.03. The Labute approximate surface area is 168 Å². The van der Waals surface area contributed by atoms with E-state index in [4.69, 9.17) is 4.11 Å². The summed E-state index contributed by atoms with van der Waals surface area (Å²) in [6.07, 6.45) is 4.49. The molecule has 28 heavy (non-hydrogen) atoms. The number of anilines is 1. The predicted octanol–water partition coefficient (Wildman–Crippen LogP) is 2.08. The first-order valence-corrected chi connectivity index (χ1v) is 9.29. The van der Waals surface area contributed by atoms with Gasteiger partial charge < -0.3 is 15.3 Å². The number of piperazine rings is 1. The van der Waals surface area contributed by atoms with Crippen molar-refractivity contribution in [1.29, 1.82) is 0 Å². The van der Waals surface area contributed by atoms with E-state index in [2.05, 4.69) is 44.3 Å². The quantitative estimate of drug-likeness (QED) is 0.714. The fraction of sp³-hybridized carbons (Fsp3) is 0.400. The standard InChI is InChI=1S/C20H25N7O/c1-13(2)18-12-27(7-6-21-18)20-22-10-17(24-25-20)16-5-4-14(8-19(16)28)15-9-23-26(3)11-15/h4-5,8-11,13,18,21,28H,6-7,12H2,1-3H3/i3D3. The first kappa shape index (κ1) is 15.0. The van der Waals surface area contributed by atoms with Crippen molar-refractivity contribution in [3.8, 4) is 28.1 Å². The van der Waals surface area contributed by atoms with Crippen LogP contribution in [0.2, 0.25) is 0 Å². The summed E-state index contributed by atoms with van der Waals surface area (Å²) in [6, 6.07) is 5.41. The Balaban J connectivity index is 1.53. The van der Waals surface area contributed by atoms with E-state index in [1.54, 1.807) is 24.4 Å². The summed E-state index contributed by atoms with van der Waals surface area (Å²) >= 11 is 0. The molecular weight excluding hydrogens is 354 g/mol. The van der Waals surface area contributed by atoms with Crippen molar-refractivity contribution in [2.75, 3.05) is 24.5 Å². The molecule has 0 amide bonds. The summed E-state index contributed by atoms with van der Waals surface area (Å²) in [4.78, 5) is 6.58. The monoisotopic (exact) mass is 382 g/mol. The number of benzene rings is 1. The number of phenolic OH excluding ortho intramolecular Hbond substituents is 1. The predicted molar refractivity (Wildman–Crippen MR) is 108 cm³/mol. The molecule has 1 aliphatic rings. The summed E-state index contributed by atoms with van der Waals surface area (Å²) in [7, 11) is 0. The zero-order valence-electron chi connectivity index (χ0n) is 18.9. The van der Waals surface area contributed by atoms with Gasteiger partial charge in [-0.2, -0.15) is 5.10 Å². The number of aromatic hydroxyl groups is 1. The van der Waals surface area contributed by atoms with Gasteiger partial charge >= 0.3 is 0 Å². The average Bonchev–Trinajstić information content (AvgIpc) is 3.25. The third kappa shape index (κ3) is 3.68. The molecule has 0 radical (unpaired) electrons. The molecule has 3 aromatic rings. The highest BCUT2D eigenvalue weighted by atomic mass is 16.3. The highest BCUT2D eigenvalue weighted by Crippen LogP contribution is 2.32. The SMILES string of the molecule is [2H]C([2H])([2H])n1cc(-c2ccc(-c3cnc(N4CCNC(C(C)C)C4)nn3)c(O)c2)cn1. The molecule has 0 spiro atoms. The second kappa shape index (κ2) is 7.55. The van der Waals surface area contributed by atoms with Crippen LogP contribution in [-0.2, 0) is 6.98 Å². The van der Waals surface area contributed by atoms with E-state index in [1.165, 1.54) is 12.4 Å². The summed E-state index contributed by atoms with van der Waals surface area (Å²) in [6.45, 7) is 4.53. The van der Waals surface area contributed by atoms with Gasteiger partial charge in [-0.15, -0.1) is 10.2 Å². The van der Waals surface area contributed by atoms with Gasteiger partial charge in [-0.1, -0.05) is 19.9 Å². The van der Waals surface area contributed by atoms with Crippen LogP contribution in [0.25, 0.3) is 22.4 Å². The smallest absolute Gasteiger partial charge is 0.245 e. The average molecular weight is 382 g/mol. The Kier molecular flexibility index (Phi) is 4.04. The molecule has 1 aliphatic heterocycles. The fourth-order valence-electron chi connectivity index (χ4n) is 3.34. The molecule has 8 nitrogen and oxygen atoms in total. The molecule has 1 aromatic carbocycles. The number of nitrogens with one attached hydrogen (secondary N) is 1. The molecule has 4 rings (SSSR count). The number of hydrogen-bond acceptors (Lipinski definition) is 7. The number of phenols is 1. The molecule has 1 fully saturated rings. The first-order chi connectivity index (χ1) is 14.7. The van der Waals surface area contributed by atoms with E-state index in [0.29, 0.717) is 40.3 Å². The van der Waals surface area contributed by atoms with Gasteiger partial charge in [0.15, 0.2) is 0 Å². The lowest BCUT2D eigenvalue weighted by molar-refractivity contribution is 0.365. The van der Waals surface area contributed by atoms with Crippen LogP contribution in [0.3, 0.4) is 0 Å². The maximum atomic E-state index is 10.5. The number of aryl methyl sites for hydroxylation is 1. The van der Waals surface area contributed by atoms with Crippen LogP contribution in [0, 0.1) is 5.92 Å². The maximum absolute atomic E-state index is 10.5. The lowest BCUT2D eigenvalue weighted by atomic mass is 10.0. The molecule has 3 heterocycles. The molecule has 2 N–H and O–H groups in total. The van der Waals surface area contributed by atoms with Gasteiger partial charge in [0.1, 0.15) is 11.4 Å². The number of aromatic nitrogens is 5. The van der Waals surface area contributed by atoms with Crippen molar-refractivity contribution in [2.45, 2.75) is 19.9 Å². The van der Waals surface area contributed by atoms with Crippen LogP contribution in [0.5, 0.6) is 5.75 Å². The van der Waals surface area contributed by atoms with Crippen LogP contribution in [0.4, 0.5) is 5.95 Å². The van der Waals surface area contributed by atoms with Crippen LogP contribution in [-0.4, -0.2) is 55.7 Å². The molecule has 0 saturated carbocycles. The molecule has 1 unspecified atom stereocenters. The van der Waals surface area contributed by atoms with Crippen molar-refractivity contribution >= 4 is 5.95 Å². The largest absolute Gasteiger partial charge is 0.507 e. The Morgan fingerprint density at radius 1 is 1.25 bits per heavy atom. The number of nitrogens with zero attached hydrogens (tertiary/aromatic N) is 6. The molecule has 1 atom stereocenters. The lowest BCUT2D eigenvalue weighted by Crippen LogP contribution is -2.53. The van der Waals surface area contributed by atoms with E-state index in [9.17, 15) is 5.11 Å². The zero-order chi connectivity index (χ0) is 22.2. The Bertz CT molecular complexity index is 1050. The van der Waals surface area contributed by atoms with Gasteiger partial charge in [0.05, 0.1) is 12.4 Å². The highest BCUT2D eigenvalue weighted by molar-refractivity contribution is 5.73. The van der Waals surface area contributed by atoms with Crippen molar-refractivity contribution in [3.63, 3.8) is 0 Å². The molecule has 0 aliphatic carbocycles. The Morgan fingerprint density at radius 3 is 2.82 bits per heavy atom. The zero-order valence-corrected chi connectivity index (χ0v) is 15.9. The topological polar surface area (TPSA) is 92.0 Å². The number of rotatable bonds is 4. The van der Waals surface area contributed by atoms with E-state index in [1.807, 2.05) is 0 Å². The van der Waals surface area contributed by atoms with E-state index in [0.717, 1.165) is 24.3 Å². The summed E-state index contributed by atoms with van der Waals surface area (Å²) in [5, 5.41) is 26.5. The van der Waals surface area contributed by atoms with Gasteiger partial charge in [0, 0.05) is 54.1 Å². The second-order valence-electron chi connectivity index (χ2n) is 7.30. The fourth-order valence-corrected chi connectivity index (χ4v) is 3.34. The van der Waals surface area contributed by atoms with Gasteiger partial charge in [-0.3, -0.25) is 4.68 Å². The summed E-state index contributed by atoms with van der Waals surface area (Å²) in [5.41, 5.74) is 2.20. The van der Waals surface area contributed by atoms with Crippen molar-refractivity contribution in [3.05, 3.63) is 36.8 Å². The highest BCUT2D eigenvalue weighted by Gasteiger charge is 2.23. The second-order valence-corrected chi connectivity index (χ2v) is 7.30. The molecule has 2 aromatic heterocycles. The van der Waals surface area contributed by atoms with Crippen LogP contribution < -0.4 is 10.2 Å². The first-order valence-electron chi connectivity index (χ1n) is 10.8. The van der Waals surface area contributed by atoms with E-state index >= 15 is 0 Å². The van der Waals surface area contributed by atoms with Gasteiger partial charge in [0.2, 0.25) is 5.95 Å². The Morgan fingerprint density at radius 2 is 2.14 bits per heavy atom. The summed E-state index contributed by atoms with van der Waals surface area (Å²) < 4.78 is 23.2. The van der Waals surface area contributed by atoms with Crippen molar-refractivity contribution < 1.29 is 9.22 Å². The molecule has 146 valence electrons. The molecule has 0 bridgehead atoms. The molecule has 8 heteroatoms.